The minimum atomic E-state index is -0.385. The fourth-order valence-electron chi connectivity index (χ4n) is 2.12. The number of ether oxygens (including phenoxy) is 1. The molecule has 0 radical (unpaired) electrons. The van der Waals surface area contributed by atoms with Crippen LogP contribution in [0.2, 0.25) is 0 Å². The fourth-order valence-corrected chi connectivity index (χ4v) is 3.34. The number of rotatable bonds is 5. The lowest BCUT2D eigenvalue weighted by molar-refractivity contribution is 0.0599. The SMILES string of the molecule is COC(=O)c1ccc(C=NNc2nc(-c3ccccc3)cs2)cc1Br. The van der Waals surface area contributed by atoms with E-state index < -0.39 is 0 Å². The smallest absolute Gasteiger partial charge is 0.339 e. The normalized spacial score (nSPS) is 10.8. The summed E-state index contributed by atoms with van der Waals surface area (Å²) in [6, 6.07) is 15.3. The Morgan fingerprint density at radius 2 is 2.08 bits per heavy atom. The molecule has 1 N–H and O–H groups in total. The maximum absolute atomic E-state index is 11.6. The maximum atomic E-state index is 11.6. The molecule has 0 spiro atoms. The van der Waals surface area contributed by atoms with E-state index in [9.17, 15) is 4.79 Å². The second-order valence-electron chi connectivity index (χ2n) is 5.00. The highest BCUT2D eigenvalue weighted by atomic mass is 79.9. The van der Waals surface area contributed by atoms with Crippen LogP contribution in [-0.2, 0) is 4.74 Å². The number of aromatic nitrogens is 1. The van der Waals surface area contributed by atoms with Crippen molar-refractivity contribution in [1.29, 1.82) is 0 Å². The van der Waals surface area contributed by atoms with E-state index in [1.165, 1.54) is 18.4 Å². The van der Waals surface area contributed by atoms with Gasteiger partial charge in [0, 0.05) is 15.4 Å². The molecule has 0 aliphatic heterocycles. The highest BCUT2D eigenvalue weighted by Gasteiger charge is 2.09. The van der Waals surface area contributed by atoms with Crippen LogP contribution in [-0.4, -0.2) is 24.3 Å². The zero-order chi connectivity index (χ0) is 17.6. The van der Waals surface area contributed by atoms with Crippen LogP contribution in [0.25, 0.3) is 11.3 Å². The number of halogens is 1. The van der Waals surface area contributed by atoms with Crippen molar-refractivity contribution >= 4 is 44.6 Å². The standard InChI is InChI=1S/C18H14BrN3O2S/c1-24-17(23)14-8-7-12(9-15(14)19)10-20-22-18-21-16(11-25-18)13-5-3-2-4-6-13/h2-11H,1H3,(H,21,22). The summed E-state index contributed by atoms with van der Waals surface area (Å²) in [6.45, 7) is 0. The molecule has 25 heavy (non-hydrogen) atoms. The Kier molecular flexibility index (Phi) is 5.57. The van der Waals surface area contributed by atoms with Gasteiger partial charge >= 0.3 is 5.97 Å². The fraction of sp³-hybridized carbons (Fsp3) is 0.0556. The van der Waals surface area contributed by atoms with Crippen LogP contribution in [0.4, 0.5) is 5.13 Å². The zero-order valence-corrected chi connectivity index (χ0v) is 15.7. The Balaban J connectivity index is 1.67. The molecule has 7 heteroatoms. The Bertz CT molecular complexity index is 910. The van der Waals surface area contributed by atoms with Crippen molar-refractivity contribution in [2.75, 3.05) is 12.5 Å². The summed E-state index contributed by atoms with van der Waals surface area (Å²) in [5.74, 6) is -0.385. The molecule has 0 amide bonds. The van der Waals surface area contributed by atoms with Crippen molar-refractivity contribution in [3.05, 3.63) is 69.5 Å². The van der Waals surface area contributed by atoms with Crippen molar-refractivity contribution in [3.63, 3.8) is 0 Å². The lowest BCUT2D eigenvalue weighted by atomic mass is 10.1. The number of hydrogen-bond acceptors (Lipinski definition) is 6. The summed E-state index contributed by atoms with van der Waals surface area (Å²) in [7, 11) is 1.35. The number of esters is 1. The number of methoxy groups -OCH3 is 1. The van der Waals surface area contributed by atoms with Crippen molar-refractivity contribution in [2.45, 2.75) is 0 Å². The highest BCUT2D eigenvalue weighted by molar-refractivity contribution is 9.10. The average Bonchev–Trinajstić information content (AvgIpc) is 3.11. The first-order chi connectivity index (χ1) is 12.2. The Labute approximate surface area is 157 Å². The van der Waals surface area contributed by atoms with Gasteiger partial charge in [0.2, 0.25) is 5.13 Å². The van der Waals surface area contributed by atoms with Crippen molar-refractivity contribution < 1.29 is 9.53 Å². The van der Waals surface area contributed by atoms with Gasteiger partial charge in [-0.1, -0.05) is 36.4 Å². The molecule has 0 bridgehead atoms. The number of thiazole rings is 1. The van der Waals surface area contributed by atoms with Gasteiger partial charge in [0.25, 0.3) is 0 Å². The summed E-state index contributed by atoms with van der Waals surface area (Å²) >= 11 is 4.85. The van der Waals surface area contributed by atoms with Gasteiger partial charge in [0.05, 0.1) is 24.6 Å². The van der Waals surface area contributed by atoms with E-state index in [1.807, 2.05) is 35.7 Å². The minimum Gasteiger partial charge on any atom is -0.465 e. The summed E-state index contributed by atoms with van der Waals surface area (Å²) in [6.07, 6.45) is 1.66. The molecule has 0 fully saturated rings. The summed E-state index contributed by atoms with van der Waals surface area (Å²) in [5, 5.41) is 6.88. The molecule has 0 atom stereocenters. The molecule has 0 unspecified atom stereocenters. The third-order valence-corrected chi connectivity index (χ3v) is 4.75. The highest BCUT2D eigenvalue weighted by Crippen LogP contribution is 2.24. The van der Waals surface area contributed by atoms with Gasteiger partial charge in [-0.2, -0.15) is 5.10 Å². The van der Waals surface area contributed by atoms with Crippen LogP contribution in [0, 0.1) is 0 Å². The van der Waals surface area contributed by atoms with Gasteiger partial charge in [0.1, 0.15) is 0 Å². The number of hydrogen-bond donors (Lipinski definition) is 1. The van der Waals surface area contributed by atoms with Crippen molar-refractivity contribution in [1.82, 2.24) is 4.98 Å². The summed E-state index contributed by atoms with van der Waals surface area (Å²) in [5.41, 5.74) is 6.21. The number of anilines is 1. The first kappa shape index (κ1) is 17.3. The van der Waals surface area contributed by atoms with E-state index >= 15 is 0 Å². The molecule has 0 saturated heterocycles. The molecule has 0 aliphatic carbocycles. The molecule has 3 rings (SSSR count). The Hall–Kier alpha value is -2.51. The molecule has 1 heterocycles. The number of nitrogens with zero attached hydrogens (tertiary/aromatic N) is 2. The number of carbonyl (C=O) groups is 1. The van der Waals surface area contributed by atoms with E-state index in [1.54, 1.807) is 24.4 Å². The van der Waals surface area contributed by atoms with E-state index in [2.05, 4.69) is 31.4 Å². The van der Waals surface area contributed by atoms with E-state index in [0.717, 1.165) is 16.8 Å². The molecular formula is C18H14BrN3O2S. The molecule has 0 aliphatic rings. The lowest BCUT2D eigenvalue weighted by Gasteiger charge is -2.03. The first-order valence-corrected chi connectivity index (χ1v) is 9.02. The molecule has 1 aromatic heterocycles. The first-order valence-electron chi connectivity index (χ1n) is 7.35. The largest absolute Gasteiger partial charge is 0.465 e. The van der Waals surface area contributed by atoms with Gasteiger partial charge in [-0.05, 0) is 33.6 Å². The van der Waals surface area contributed by atoms with Crippen LogP contribution in [0.1, 0.15) is 15.9 Å². The zero-order valence-electron chi connectivity index (χ0n) is 13.3. The number of benzene rings is 2. The third-order valence-electron chi connectivity index (χ3n) is 3.35. The number of nitrogens with one attached hydrogen (secondary N) is 1. The average molecular weight is 416 g/mol. The van der Waals surface area contributed by atoms with Gasteiger partial charge < -0.3 is 4.74 Å². The quantitative estimate of drug-likeness (QED) is 0.369. The third kappa shape index (κ3) is 4.32. The van der Waals surface area contributed by atoms with Crippen molar-refractivity contribution in [2.24, 2.45) is 5.10 Å². The van der Waals surface area contributed by atoms with Crippen LogP contribution >= 0.6 is 27.3 Å². The number of hydrazone groups is 1. The minimum absolute atomic E-state index is 0.385. The Morgan fingerprint density at radius 1 is 1.28 bits per heavy atom. The van der Waals surface area contributed by atoms with E-state index in [4.69, 9.17) is 4.74 Å². The monoisotopic (exact) mass is 415 g/mol. The van der Waals surface area contributed by atoms with Crippen molar-refractivity contribution in [3.8, 4) is 11.3 Å². The van der Waals surface area contributed by atoms with Gasteiger partial charge in [-0.3, -0.25) is 5.43 Å². The van der Waals surface area contributed by atoms with Gasteiger partial charge in [-0.15, -0.1) is 11.3 Å². The van der Waals surface area contributed by atoms with E-state index in [-0.39, 0.29) is 5.97 Å². The Morgan fingerprint density at radius 3 is 2.80 bits per heavy atom. The van der Waals surface area contributed by atoms with Gasteiger partial charge in [0.15, 0.2) is 0 Å². The second-order valence-corrected chi connectivity index (χ2v) is 6.72. The van der Waals surface area contributed by atoms with Crippen LogP contribution in [0.5, 0.6) is 0 Å². The summed E-state index contributed by atoms with van der Waals surface area (Å²) < 4.78 is 5.37. The molecule has 0 saturated carbocycles. The molecule has 3 aromatic rings. The predicted octanol–water partition coefficient (Wildman–Crippen LogP) is 4.81. The summed E-state index contributed by atoms with van der Waals surface area (Å²) in [4.78, 5) is 16.1. The lowest BCUT2D eigenvalue weighted by Crippen LogP contribution is -2.02. The van der Waals surface area contributed by atoms with Crippen LogP contribution in [0.3, 0.4) is 0 Å². The molecule has 5 nitrogen and oxygen atoms in total. The van der Waals surface area contributed by atoms with Crippen LogP contribution in [0.15, 0.2) is 63.5 Å². The molecular weight excluding hydrogens is 402 g/mol. The molecule has 126 valence electrons. The predicted molar refractivity (Wildman–Crippen MR) is 104 cm³/mol. The molecule has 2 aromatic carbocycles. The van der Waals surface area contributed by atoms with Gasteiger partial charge in [-0.25, -0.2) is 9.78 Å². The van der Waals surface area contributed by atoms with E-state index in [0.29, 0.717) is 15.2 Å². The topological polar surface area (TPSA) is 63.6 Å². The maximum Gasteiger partial charge on any atom is 0.339 e. The second kappa shape index (κ2) is 8.04. The van der Waals surface area contributed by atoms with Crippen LogP contribution < -0.4 is 5.43 Å². The number of carbonyl (C=O) groups excluding carboxylic acids is 1.